The molecule has 2 bridgehead atoms. The third-order valence-electron chi connectivity index (χ3n) is 7.24. The molecule has 0 saturated carbocycles. The van der Waals surface area contributed by atoms with Crippen LogP contribution in [0.25, 0.3) is 0 Å². The average Bonchev–Trinajstić information content (AvgIpc) is 3.25. The summed E-state index contributed by atoms with van der Waals surface area (Å²) in [5.74, 6) is 0.787. The maximum absolute atomic E-state index is 12.9. The molecule has 37 heavy (non-hydrogen) atoms. The predicted octanol–water partition coefficient (Wildman–Crippen LogP) is 2.55. The van der Waals surface area contributed by atoms with E-state index in [1.807, 2.05) is 35.2 Å². The number of carbonyl (C=O) groups excluding carboxylic acids is 1. The van der Waals surface area contributed by atoms with Gasteiger partial charge in [0.05, 0.1) is 30.3 Å². The summed E-state index contributed by atoms with van der Waals surface area (Å²) in [6.45, 7) is 1.70. The zero-order chi connectivity index (χ0) is 26.1. The van der Waals surface area contributed by atoms with Gasteiger partial charge in [0, 0.05) is 42.9 Å². The summed E-state index contributed by atoms with van der Waals surface area (Å²) in [5, 5.41) is 19.3. The van der Waals surface area contributed by atoms with Crippen LogP contribution in [0.15, 0.2) is 35.5 Å². The quantitative estimate of drug-likeness (QED) is 0.460. The summed E-state index contributed by atoms with van der Waals surface area (Å²) in [6.07, 6.45) is 1.47. The molecule has 0 radical (unpaired) electrons. The number of amides is 2. The summed E-state index contributed by atoms with van der Waals surface area (Å²) in [7, 11) is 0. The molecule has 12 heteroatoms. The topological polar surface area (TPSA) is 146 Å². The second-order valence-corrected chi connectivity index (χ2v) is 10.9. The van der Waals surface area contributed by atoms with Gasteiger partial charge in [-0.15, -0.1) is 0 Å². The van der Waals surface area contributed by atoms with Crippen LogP contribution in [0.3, 0.4) is 0 Å². The predicted molar refractivity (Wildman–Crippen MR) is 133 cm³/mol. The van der Waals surface area contributed by atoms with E-state index in [4.69, 9.17) is 4.74 Å². The van der Waals surface area contributed by atoms with Crippen LogP contribution in [-0.4, -0.2) is 80.1 Å². The van der Waals surface area contributed by atoms with Gasteiger partial charge < -0.3 is 24.2 Å². The molecule has 1 aromatic carbocycles. The molecule has 2 amide bonds. The highest BCUT2D eigenvalue weighted by Gasteiger charge is 2.45. The number of anilines is 1. The van der Waals surface area contributed by atoms with E-state index in [0.29, 0.717) is 50.5 Å². The zero-order valence-electron chi connectivity index (χ0n) is 20.4. The Hall–Kier alpha value is -3.56. The van der Waals surface area contributed by atoms with E-state index >= 15 is 0 Å². The largest absolute Gasteiger partial charge is 0.609 e. The molecular weight excluding hydrogens is 496 g/mol. The zero-order valence-corrected chi connectivity index (χ0v) is 21.3. The Labute approximate surface area is 217 Å². The fourth-order valence-electron chi connectivity index (χ4n) is 5.53. The summed E-state index contributed by atoms with van der Waals surface area (Å²) in [4.78, 5) is 39.0. The maximum atomic E-state index is 12.9. The molecule has 2 fully saturated rings. The molecule has 2 aromatic rings. The van der Waals surface area contributed by atoms with Crippen molar-refractivity contribution in [2.24, 2.45) is 5.92 Å². The Balaban J connectivity index is 1.39. The Kier molecular flexibility index (Phi) is 7.08. The van der Waals surface area contributed by atoms with Crippen LogP contribution >= 0.6 is 0 Å². The first-order chi connectivity index (χ1) is 17.9. The van der Waals surface area contributed by atoms with Gasteiger partial charge in [-0.25, -0.2) is 9.59 Å². The van der Waals surface area contributed by atoms with Crippen molar-refractivity contribution in [3.63, 3.8) is 0 Å². The molecule has 2 saturated heterocycles. The van der Waals surface area contributed by atoms with Gasteiger partial charge in [0.2, 0.25) is 0 Å². The van der Waals surface area contributed by atoms with Crippen molar-refractivity contribution in [3.8, 4) is 6.07 Å². The number of nitrogens with zero attached hydrogens (tertiary/aromatic N) is 6. The highest BCUT2D eigenvalue weighted by Crippen LogP contribution is 2.45. The van der Waals surface area contributed by atoms with Crippen molar-refractivity contribution in [1.29, 1.82) is 5.26 Å². The van der Waals surface area contributed by atoms with Crippen molar-refractivity contribution in [3.05, 3.63) is 47.2 Å². The average molecular weight is 525 g/mol. The number of benzene rings is 1. The van der Waals surface area contributed by atoms with E-state index in [9.17, 15) is 24.5 Å². The number of carbonyl (C=O) groups is 2. The molecule has 3 aliphatic rings. The van der Waals surface area contributed by atoms with Crippen molar-refractivity contribution in [1.82, 2.24) is 19.8 Å². The first-order valence-electron chi connectivity index (χ1n) is 12.2. The number of aromatic nitrogens is 2. The third-order valence-corrected chi connectivity index (χ3v) is 7.94. The maximum Gasteiger partial charge on any atom is 0.410 e. The Morgan fingerprint density at radius 2 is 2.00 bits per heavy atom. The number of rotatable bonds is 5. The van der Waals surface area contributed by atoms with Crippen LogP contribution in [0.5, 0.6) is 0 Å². The standard InChI is InChI=1S/C25H28N6O5S/c1-37(35)23-27-21-19(11-17-12-20(21)31(13-17)24(32)33)22(28-23)29-9-10-30(18(14-29)7-8-26)25(34)36-15-16-5-3-2-4-6-16/h2-6,17-18,20H,7,9-15H2,1H3,(H,32,33)/t17-,18+,20-,37?/m1/s1. The molecule has 194 valence electrons. The van der Waals surface area contributed by atoms with Crippen LogP contribution < -0.4 is 4.90 Å². The number of likely N-dealkylation sites (tertiary alicyclic amines) is 1. The highest BCUT2D eigenvalue weighted by atomic mass is 32.2. The second-order valence-electron chi connectivity index (χ2n) is 9.60. The van der Waals surface area contributed by atoms with Gasteiger partial charge in [0.15, 0.2) is 0 Å². The third kappa shape index (κ3) is 5.01. The number of nitriles is 1. The lowest BCUT2D eigenvalue weighted by atomic mass is 9.87. The molecule has 1 unspecified atom stereocenters. The van der Waals surface area contributed by atoms with Crippen molar-refractivity contribution < 1.29 is 24.0 Å². The van der Waals surface area contributed by atoms with E-state index in [1.54, 1.807) is 4.90 Å². The summed E-state index contributed by atoms with van der Waals surface area (Å²) in [6, 6.07) is 10.8. The van der Waals surface area contributed by atoms with Gasteiger partial charge in [-0.05, 0) is 24.3 Å². The minimum Gasteiger partial charge on any atom is -0.609 e. The molecule has 1 aliphatic carbocycles. The second kappa shape index (κ2) is 10.4. The fourth-order valence-corrected chi connectivity index (χ4v) is 5.97. The monoisotopic (exact) mass is 524 g/mol. The Morgan fingerprint density at radius 1 is 1.22 bits per heavy atom. The normalized spacial score (nSPS) is 23.3. The van der Waals surface area contributed by atoms with Crippen molar-refractivity contribution >= 4 is 29.2 Å². The number of hydrogen-bond acceptors (Lipinski definition) is 8. The molecule has 4 atom stereocenters. The smallest absolute Gasteiger partial charge is 0.410 e. The van der Waals surface area contributed by atoms with E-state index in [-0.39, 0.29) is 30.1 Å². The van der Waals surface area contributed by atoms with Gasteiger partial charge in [0.25, 0.3) is 0 Å². The van der Waals surface area contributed by atoms with Crippen LogP contribution in [-0.2, 0) is 28.9 Å². The number of fused-ring (bicyclic) bond motifs is 4. The van der Waals surface area contributed by atoms with E-state index in [1.165, 1.54) is 11.2 Å². The minimum atomic E-state index is -1.47. The molecule has 5 rings (SSSR count). The lowest BCUT2D eigenvalue weighted by molar-refractivity contribution is 0.0767. The number of piperazine rings is 1. The van der Waals surface area contributed by atoms with E-state index in [0.717, 1.165) is 11.1 Å². The number of carboxylic acid groups (broad SMARTS) is 1. The summed E-state index contributed by atoms with van der Waals surface area (Å²) in [5.41, 5.74) is 2.37. The number of ether oxygens (including phenoxy) is 1. The summed E-state index contributed by atoms with van der Waals surface area (Å²) >= 11 is -1.47. The molecule has 1 aromatic heterocycles. The van der Waals surface area contributed by atoms with Crippen molar-refractivity contribution in [2.75, 3.05) is 37.3 Å². The molecule has 2 aliphatic heterocycles. The van der Waals surface area contributed by atoms with E-state index < -0.39 is 29.4 Å². The van der Waals surface area contributed by atoms with Gasteiger partial charge >= 0.3 is 17.3 Å². The molecule has 11 nitrogen and oxygen atoms in total. The summed E-state index contributed by atoms with van der Waals surface area (Å²) < 4.78 is 17.9. The van der Waals surface area contributed by atoms with Gasteiger partial charge in [0.1, 0.15) is 18.7 Å². The van der Waals surface area contributed by atoms with Crippen LogP contribution in [0.4, 0.5) is 15.4 Å². The minimum absolute atomic E-state index is 0.120. The van der Waals surface area contributed by atoms with Gasteiger partial charge in [-0.3, -0.25) is 4.90 Å². The molecule has 1 N–H and O–H groups in total. The first kappa shape index (κ1) is 25.1. The first-order valence-corrected chi connectivity index (χ1v) is 13.7. The van der Waals surface area contributed by atoms with Crippen LogP contribution in [0.1, 0.15) is 35.7 Å². The van der Waals surface area contributed by atoms with Gasteiger partial charge in [-0.1, -0.05) is 30.3 Å². The Bertz CT molecular complexity index is 1220. The lowest BCUT2D eigenvalue weighted by Crippen LogP contribution is -2.55. The lowest BCUT2D eigenvalue weighted by Gasteiger charge is -2.41. The van der Waals surface area contributed by atoms with Crippen LogP contribution in [0, 0.1) is 17.2 Å². The molecule has 3 heterocycles. The SMILES string of the molecule is C[S+]([O-])c1nc2c(c(N3CCN(C(=O)OCc4ccccc4)[C@@H](CC#N)C3)n1)C[C@@H]1C[C@H]2N(C(=O)O)C1. The van der Waals surface area contributed by atoms with E-state index in [2.05, 4.69) is 16.0 Å². The molecule has 0 spiro atoms. The fraction of sp³-hybridized carbons (Fsp3) is 0.480. The van der Waals surface area contributed by atoms with Crippen LogP contribution in [0.2, 0.25) is 0 Å². The van der Waals surface area contributed by atoms with Gasteiger partial charge in [-0.2, -0.15) is 15.2 Å². The Morgan fingerprint density at radius 3 is 2.70 bits per heavy atom. The van der Waals surface area contributed by atoms with Crippen molar-refractivity contribution in [2.45, 2.75) is 43.1 Å². The molecular formula is C25H28N6O5S. The highest BCUT2D eigenvalue weighted by molar-refractivity contribution is 7.90. The number of hydrogen-bond donors (Lipinski definition) is 1.